The van der Waals surface area contributed by atoms with Gasteiger partial charge in [-0.1, -0.05) is 51.9 Å². The Morgan fingerprint density at radius 2 is 1.68 bits per heavy atom. The van der Waals surface area contributed by atoms with E-state index in [9.17, 15) is 9.67 Å². The van der Waals surface area contributed by atoms with Crippen molar-refractivity contribution < 1.29 is 28.0 Å². The molecule has 4 aliphatic rings. The molecule has 4 rings (SSSR count). The standard InChI is InChI=1S/C12H21O6P/c1-2-3-4-5-6-7-8-9-10-11(15-10)12(13)17-19(14,16-11)18-12/h10,13H,2-9H2,1H3. The van der Waals surface area contributed by atoms with Crippen LogP contribution in [0.1, 0.15) is 58.3 Å². The maximum Gasteiger partial charge on any atom is 0.486 e. The van der Waals surface area contributed by atoms with Gasteiger partial charge >= 0.3 is 13.8 Å². The topological polar surface area (TPSA) is 77.5 Å². The van der Waals surface area contributed by atoms with E-state index in [0.29, 0.717) is 0 Å². The number of hydrogen-bond donors (Lipinski definition) is 1. The van der Waals surface area contributed by atoms with Crippen molar-refractivity contribution >= 4 is 7.82 Å². The Hall–Kier alpha value is 0.0300. The molecule has 0 aromatic carbocycles. The lowest BCUT2D eigenvalue weighted by molar-refractivity contribution is -0.345. The minimum Gasteiger partial charge on any atom is -0.338 e. The summed E-state index contributed by atoms with van der Waals surface area (Å²) in [6, 6.07) is 0. The van der Waals surface area contributed by atoms with Crippen LogP contribution in [-0.2, 0) is 22.9 Å². The Morgan fingerprint density at radius 1 is 1.05 bits per heavy atom. The van der Waals surface area contributed by atoms with Crippen LogP contribution in [0.2, 0.25) is 0 Å². The number of rotatable bonds is 8. The zero-order valence-corrected chi connectivity index (χ0v) is 12.1. The summed E-state index contributed by atoms with van der Waals surface area (Å²) in [5, 5.41) is 9.82. The number of aliphatic hydroxyl groups is 1. The number of unbranched alkanes of at least 4 members (excludes halogenated alkanes) is 6. The lowest BCUT2D eigenvalue weighted by Gasteiger charge is -2.28. The summed E-state index contributed by atoms with van der Waals surface area (Å²) in [4.78, 5) is 0. The fourth-order valence-electron chi connectivity index (χ4n) is 2.77. The molecule has 0 amide bonds. The molecule has 2 bridgehead atoms. The predicted octanol–water partition coefficient (Wildman–Crippen LogP) is 3.05. The van der Waals surface area contributed by atoms with Crippen molar-refractivity contribution in [2.45, 2.75) is 76.2 Å². The quantitative estimate of drug-likeness (QED) is 0.421. The van der Waals surface area contributed by atoms with Gasteiger partial charge < -0.3 is 9.84 Å². The van der Waals surface area contributed by atoms with E-state index in [1.165, 1.54) is 32.1 Å². The summed E-state index contributed by atoms with van der Waals surface area (Å²) in [6.07, 6.45) is 8.99. The van der Waals surface area contributed by atoms with Crippen molar-refractivity contribution in [3.8, 4) is 0 Å². The van der Waals surface area contributed by atoms with E-state index in [1.54, 1.807) is 0 Å². The second-order valence-electron chi connectivity index (χ2n) is 5.49. The molecule has 19 heavy (non-hydrogen) atoms. The normalized spacial score (nSPS) is 46.5. The first kappa shape index (κ1) is 14.0. The van der Waals surface area contributed by atoms with Gasteiger partial charge in [-0.3, -0.25) is 0 Å². The largest absolute Gasteiger partial charge is 0.486 e. The van der Waals surface area contributed by atoms with E-state index < -0.39 is 19.6 Å². The Morgan fingerprint density at radius 3 is 2.26 bits per heavy atom. The van der Waals surface area contributed by atoms with Gasteiger partial charge in [0.25, 0.3) is 5.79 Å². The Labute approximate surface area is 113 Å². The van der Waals surface area contributed by atoms with E-state index in [0.717, 1.165) is 19.3 Å². The molecule has 7 heteroatoms. The molecule has 0 saturated carbocycles. The van der Waals surface area contributed by atoms with Crippen LogP contribution in [0.3, 0.4) is 0 Å². The molecule has 110 valence electrons. The molecule has 4 fully saturated rings. The molecular weight excluding hydrogens is 271 g/mol. The highest BCUT2D eigenvalue weighted by Gasteiger charge is 2.90. The fourth-order valence-corrected chi connectivity index (χ4v) is 4.33. The van der Waals surface area contributed by atoms with E-state index in [-0.39, 0.29) is 6.10 Å². The maximum absolute atomic E-state index is 11.5. The van der Waals surface area contributed by atoms with Crippen molar-refractivity contribution in [2.24, 2.45) is 0 Å². The Kier molecular flexibility index (Phi) is 3.53. The summed E-state index contributed by atoms with van der Waals surface area (Å²) in [7, 11) is -3.49. The molecule has 4 heterocycles. The molecular formula is C12H21O6P. The number of phosphoric ester groups is 1. The van der Waals surface area contributed by atoms with Crippen LogP contribution in [0.4, 0.5) is 0 Å². The van der Waals surface area contributed by atoms with Crippen LogP contribution in [0.25, 0.3) is 0 Å². The lowest BCUT2D eigenvalue weighted by atomic mass is 10.0. The number of epoxide rings is 1. The molecule has 1 N–H and O–H groups in total. The number of phosphoric acid groups is 1. The van der Waals surface area contributed by atoms with Crippen LogP contribution < -0.4 is 0 Å². The first-order chi connectivity index (χ1) is 9.04. The van der Waals surface area contributed by atoms with Crippen LogP contribution in [0, 0.1) is 0 Å². The Bertz CT molecular complexity index is 390. The third-order valence-electron chi connectivity index (χ3n) is 3.91. The molecule has 2 unspecified atom stereocenters. The molecule has 0 radical (unpaired) electrons. The summed E-state index contributed by atoms with van der Waals surface area (Å²) in [6.45, 7) is 2.21. The van der Waals surface area contributed by atoms with Gasteiger partial charge in [0.05, 0.1) is 0 Å². The molecule has 0 aliphatic carbocycles. The first-order valence-electron chi connectivity index (χ1n) is 7.16. The summed E-state index contributed by atoms with van der Waals surface area (Å²) in [5.74, 6) is -3.25. The van der Waals surface area contributed by atoms with Gasteiger partial charge in [0, 0.05) is 0 Å². The highest BCUT2D eigenvalue weighted by Crippen LogP contribution is 2.81. The van der Waals surface area contributed by atoms with E-state index >= 15 is 0 Å². The van der Waals surface area contributed by atoms with Gasteiger partial charge in [0.2, 0.25) is 0 Å². The van der Waals surface area contributed by atoms with Crippen molar-refractivity contribution in [3.05, 3.63) is 0 Å². The molecule has 0 aromatic rings. The van der Waals surface area contributed by atoms with Gasteiger partial charge in [-0.05, 0) is 6.42 Å². The second kappa shape index (κ2) is 4.79. The van der Waals surface area contributed by atoms with Gasteiger partial charge in [-0.15, -0.1) is 0 Å². The van der Waals surface area contributed by atoms with E-state index in [2.05, 4.69) is 6.92 Å². The van der Waals surface area contributed by atoms with Crippen molar-refractivity contribution in [1.82, 2.24) is 0 Å². The highest BCUT2D eigenvalue weighted by atomic mass is 31.2. The third-order valence-corrected chi connectivity index (χ3v) is 5.35. The average molecular weight is 292 g/mol. The van der Waals surface area contributed by atoms with Crippen molar-refractivity contribution in [2.75, 3.05) is 0 Å². The third kappa shape index (κ3) is 2.28. The molecule has 0 aromatic heterocycles. The predicted molar refractivity (Wildman–Crippen MR) is 66.0 cm³/mol. The Balaban J connectivity index is 1.33. The first-order valence-corrected chi connectivity index (χ1v) is 8.62. The molecule has 1 spiro atoms. The van der Waals surface area contributed by atoms with E-state index in [1.807, 2.05) is 0 Å². The highest BCUT2D eigenvalue weighted by molar-refractivity contribution is 7.50. The minimum atomic E-state index is -3.49. The zero-order chi connectivity index (χ0) is 13.6. The monoisotopic (exact) mass is 292 g/mol. The smallest absolute Gasteiger partial charge is 0.338 e. The van der Waals surface area contributed by atoms with Crippen molar-refractivity contribution in [1.29, 1.82) is 0 Å². The van der Waals surface area contributed by atoms with E-state index in [4.69, 9.17) is 18.3 Å². The van der Waals surface area contributed by atoms with Crippen LogP contribution in [-0.4, -0.2) is 23.0 Å². The molecule has 6 nitrogen and oxygen atoms in total. The van der Waals surface area contributed by atoms with Gasteiger partial charge in [-0.2, -0.15) is 0 Å². The summed E-state index contributed by atoms with van der Waals surface area (Å²) < 4.78 is 31.4. The SMILES string of the molecule is CCCCCCCCCC1OC12OP1(=O)OC2(O)O1. The lowest BCUT2D eigenvalue weighted by Crippen LogP contribution is -2.47. The molecule has 4 saturated heterocycles. The molecule has 4 aliphatic heterocycles. The maximum atomic E-state index is 11.5. The number of hydrogen-bond acceptors (Lipinski definition) is 6. The fraction of sp³-hybridized carbons (Fsp3) is 1.00. The van der Waals surface area contributed by atoms with Crippen molar-refractivity contribution in [3.63, 3.8) is 0 Å². The summed E-state index contributed by atoms with van der Waals surface area (Å²) in [5.41, 5.74) is 0. The molecule has 2 atom stereocenters. The van der Waals surface area contributed by atoms with Crippen LogP contribution >= 0.6 is 7.82 Å². The minimum absolute atomic E-state index is 0.272. The van der Waals surface area contributed by atoms with Crippen LogP contribution in [0.5, 0.6) is 0 Å². The number of ether oxygens (including phenoxy) is 1. The summed E-state index contributed by atoms with van der Waals surface area (Å²) >= 11 is 0. The average Bonchev–Trinajstić information content (AvgIpc) is 2.88. The van der Waals surface area contributed by atoms with Crippen LogP contribution in [0.15, 0.2) is 0 Å². The zero-order valence-electron chi connectivity index (χ0n) is 11.2. The van der Waals surface area contributed by atoms with Gasteiger partial charge in [-0.25, -0.2) is 18.1 Å². The van der Waals surface area contributed by atoms with Gasteiger partial charge in [0.15, 0.2) is 0 Å². The van der Waals surface area contributed by atoms with Gasteiger partial charge in [0.1, 0.15) is 6.10 Å². The second-order valence-corrected chi connectivity index (χ2v) is 6.93.